The zero-order chi connectivity index (χ0) is 11.0. The van der Waals surface area contributed by atoms with E-state index < -0.39 is 8.37 Å². The quantitative estimate of drug-likeness (QED) is 0.369. The Morgan fingerprint density at radius 2 is 1.12 bits per heavy atom. The summed E-state index contributed by atoms with van der Waals surface area (Å²) in [5, 5.41) is 0. The van der Waals surface area contributed by atoms with Gasteiger partial charge in [-0.25, -0.2) is 0 Å². The summed E-state index contributed by atoms with van der Waals surface area (Å²) in [6, 6.07) is 13.3. The van der Waals surface area contributed by atoms with Gasteiger partial charge >= 0.3 is 0 Å². The van der Waals surface area contributed by atoms with Crippen molar-refractivity contribution in [3.05, 3.63) is 72.1 Å². The van der Waals surface area contributed by atoms with Crippen molar-refractivity contribution >= 4 is 8.37 Å². The standard InChI is InChI=1S/C13H10N3P/c1-4-10-13-11-5-2-8-15(11)17(14(10)7-1)16-9-3-6-12(13)16/h1-9,13H. The number of rotatable bonds is 0. The molecule has 4 heteroatoms. The molecular formula is C13H10N3P. The predicted octanol–water partition coefficient (Wildman–Crippen LogP) is 3.07. The van der Waals surface area contributed by atoms with Crippen LogP contribution in [0.1, 0.15) is 23.0 Å². The van der Waals surface area contributed by atoms with E-state index in [2.05, 4.69) is 68.0 Å². The van der Waals surface area contributed by atoms with Gasteiger partial charge in [-0.2, -0.15) is 0 Å². The molecule has 0 radical (unpaired) electrons. The Morgan fingerprint density at radius 3 is 1.53 bits per heavy atom. The van der Waals surface area contributed by atoms with Crippen LogP contribution in [-0.4, -0.2) is 13.0 Å². The smallest absolute Gasteiger partial charge is 0.220 e. The van der Waals surface area contributed by atoms with Crippen LogP contribution in [0, 0.1) is 0 Å². The van der Waals surface area contributed by atoms with Gasteiger partial charge in [-0.15, -0.1) is 0 Å². The fourth-order valence-corrected chi connectivity index (χ4v) is 5.47. The van der Waals surface area contributed by atoms with E-state index in [1.165, 1.54) is 17.1 Å². The summed E-state index contributed by atoms with van der Waals surface area (Å²) in [6.07, 6.45) is 6.62. The molecule has 0 aromatic carbocycles. The van der Waals surface area contributed by atoms with E-state index in [9.17, 15) is 0 Å². The van der Waals surface area contributed by atoms with E-state index in [4.69, 9.17) is 0 Å². The first-order valence-electron chi connectivity index (χ1n) is 5.78. The highest BCUT2D eigenvalue weighted by Crippen LogP contribution is 2.58. The Kier molecular flexibility index (Phi) is 1.27. The van der Waals surface area contributed by atoms with Crippen molar-refractivity contribution in [3.63, 3.8) is 0 Å². The van der Waals surface area contributed by atoms with Gasteiger partial charge in [-0.3, -0.25) is 13.0 Å². The maximum absolute atomic E-state index is 2.43. The van der Waals surface area contributed by atoms with Crippen molar-refractivity contribution in [1.29, 1.82) is 0 Å². The number of hydrogen-bond acceptors (Lipinski definition) is 0. The molecule has 82 valence electrons. The summed E-state index contributed by atoms with van der Waals surface area (Å²) >= 11 is 0. The minimum atomic E-state index is -0.490. The van der Waals surface area contributed by atoms with E-state index in [0.717, 1.165) is 0 Å². The van der Waals surface area contributed by atoms with Gasteiger partial charge in [0.15, 0.2) is 0 Å². The van der Waals surface area contributed by atoms with Crippen molar-refractivity contribution in [1.82, 2.24) is 13.0 Å². The van der Waals surface area contributed by atoms with Crippen LogP contribution in [-0.2, 0) is 0 Å². The Labute approximate surface area is 99.8 Å². The zero-order valence-electron chi connectivity index (χ0n) is 9.06. The lowest BCUT2D eigenvalue weighted by Gasteiger charge is -2.41. The highest BCUT2D eigenvalue weighted by atomic mass is 31.1. The van der Waals surface area contributed by atoms with Crippen LogP contribution in [0.4, 0.5) is 0 Å². The Balaban J connectivity index is 1.97. The molecule has 0 unspecified atom stereocenters. The molecule has 6 rings (SSSR count). The van der Waals surface area contributed by atoms with E-state index in [-0.39, 0.29) is 0 Å². The molecule has 6 heterocycles. The second-order valence-electron chi connectivity index (χ2n) is 4.53. The summed E-state index contributed by atoms with van der Waals surface area (Å²) in [4.78, 5) is 0. The summed E-state index contributed by atoms with van der Waals surface area (Å²) in [5.41, 5.74) is 4.32. The number of aromatic nitrogens is 3. The Bertz CT molecular complexity index is 577. The summed E-state index contributed by atoms with van der Waals surface area (Å²) in [7, 11) is -0.490. The van der Waals surface area contributed by atoms with E-state index in [1.54, 1.807) is 0 Å². The number of hydrogen-bond donors (Lipinski definition) is 0. The monoisotopic (exact) mass is 239 g/mol. The van der Waals surface area contributed by atoms with Gasteiger partial charge in [0.05, 0.1) is 5.92 Å². The second-order valence-corrected chi connectivity index (χ2v) is 6.36. The van der Waals surface area contributed by atoms with Gasteiger partial charge in [-0.1, -0.05) is 0 Å². The summed E-state index contributed by atoms with van der Waals surface area (Å²) in [6.45, 7) is 0. The average Bonchev–Trinajstić information content (AvgIpc) is 3.07. The summed E-state index contributed by atoms with van der Waals surface area (Å²) < 4.78 is 7.29. The molecule has 0 saturated heterocycles. The molecule has 0 saturated carbocycles. The van der Waals surface area contributed by atoms with Crippen molar-refractivity contribution in [3.8, 4) is 0 Å². The largest absolute Gasteiger partial charge is 0.294 e. The van der Waals surface area contributed by atoms with Crippen LogP contribution < -0.4 is 0 Å². The second kappa shape index (κ2) is 2.57. The molecule has 3 nitrogen and oxygen atoms in total. The topological polar surface area (TPSA) is 14.8 Å². The summed E-state index contributed by atoms with van der Waals surface area (Å²) in [5.74, 6) is 0.405. The van der Waals surface area contributed by atoms with E-state index >= 15 is 0 Å². The van der Waals surface area contributed by atoms with Crippen molar-refractivity contribution in [2.45, 2.75) is 5.92 Å². The third-order valence-corrected chi connectivity index (χ3v) is 5.99. The number of nitrogens with zero attached hydrogens (tertiary/aromatic N) is 3. The van der Waals surface area contributed by atoms with E-state index in [0.29, 0.717) is 5.92 Å². The highest BCUT2D eigenvalue weighted by Gasteiger charge is 2.40. The van der Waals surface area contributed by atoms with Gasteiger partial charge < -0.3 is 0 Å². The molecule has 3 aromatic heterocycles. The molecular weight excluding hydrogens is 229 g/mol. The molecule has 0 N–H and O–H groups in total. The third kappa shape index (κ3) is 0.786. The van der Waals surface area contributed by atoms with Gasteiger partial charge in [-0.05, 0) is 36.4 Å². The maximum Gasteiger partial charge on any atom is 0.220 e. The highest BCUT2D eigenvalue weighted by molar-refractivity contribution is 7.53. The zero-order valence-corrected chi connectivity index (χ0v) is 9.96. The first-order chi connectivity index (χ1) is 8.45. The fraction of sp³-hybridized carbons (Fsp3) is 0.0769. The van der Waals surface area contributed by atoms with Gasteiger partial charge in [0, 0.05) is 35.7 Å². The first-order valence-corrected chi connectivity index (χ1v) is 6.98. The molecule has 17 heavy (non-hydrogen) atoms. The Morgan fingerprint density at radius 1 is 0.706 bits per heavy atom. The van der Waals surface area contributed by atoms with Crippen molar-refractivity contribution in [2.75, 3.05) is 0 Å². The van der Waals surface area contributed by atoms with Crippen LogP contribution in [0.3, 0.4) is 0 Å². The lowest BCUT2D eigenvalue weighted by atomic mass is 9.98. The molecule has 3 aliphatic rings. The lowest BCUT2D eigenvalue weighted by molar-refractivity contribution is 0.730. The fourth-order valence-electron chi connectivity index (χ4n) is 3.10. The minimum absolute atomic E-state index is 0.405. The van der Waals surface area contributed by atoms with Crippen LogP contribution in [0.25, 0.3) is 0 Å². The molecule has 2 bridgehead atoms. The molecule has 3 aliphatic heterocycles. The van der Waals surface area contributed by atoms with Crippen LogP contribution in [0.15, 0.2) is 55.0 Å². The van der Waals surface area contributed by atoms with Gasteiger partial charge in [0.1, 0.15) is 0 Å². The van der Waals surface area contributed by atoms with Crippen LogP contribution in [0.5, 0.6) is 0 Å². The maximum atomic E-state index is 2.43. The molecule has 0 atom stereocenters. The normalized spacial score (nSPS) is 23.3. The molecule has 3 aromatic rings. The van der Waals surface area contributed by atoms with Gasteiger partial charge in [0.2, 0.25) is 8.37 Å². The Hall–Kier alpha value is -1.73. The van der Waals surface area contributed by atoms with Crippen molar-refractivity contribution < 1.29 is 0 Å². The van der Waals surface area contributed by atoms with Crippen molar-refractivity contribution in [2.24, 2.45) is 0 Å². The third-order valence-electron chi connectivity index (χ3n) is 3.74. The van der Waals surface area contributed by atoms with Crippen LogP contribution in [0.2, 0.25) is 0 Å². The molecule has 0 spiro atoms. The molecule has 0 aliphatic carbocycles. The molecule has 0 fully saturated rings. The van der Waals surface area contributed by atoms with E-state index in [1.807, 2.05) is 0 Å². The first kappa shape index (κ1) is 8.37. The minimum Gasteiger partial charge on any atom is -0.294 e. The lowest BCUT2D eigenvalue weighted by Crippen LogP contribution is -2.29. The molecule has 0 amide bonds. The predicted molar refractivity (Wildman–Crippen MR) is 67.4 cm³/mol. The van der Waals surface area contributed by atoms with Crippen LogP contribution >= 0.6 is 8.37 Å². The average molecular weight is 239 g/mol. The SMILES string of the molecule is c1cc2n(c1)P1n3cccc3C2c2cccn21. The van der Waals surface area contributed by atoms with Gasteiger partial charge in [0.25, 0.3) is 0 Å².